The molecule has 0 saturated heterocycles. The van der Waals surface area contributed by atoms with Gasteiger partial charge in [0, 0.05) is 22.3 Å². The highest BCUT2D eigenvalue weighted by molar-refractivity contribution is 6.43. The molecule has 100 valence electrons. The smallest absolute Gasteiger partial charge is 0.0922 e. The molecular formula is C12H6Cl5NO. The van der Waals surface area contributed by atoms with Crippen LogP contribution in [0, 0.1) is 0 Å². The first kappa shape index (κ1) is 15.2. The number of aromatic nitrogens is 1. The highest BCUT2D eigenvalue weighted by Crippen LogP contribution is 2.41. The molecule has 0 radical (unpaired) electrons. The van der Waals surface area contributed by atoms with Crippen molar-refractivity contribution in [1.82, 2.24) is 4.98 Å². The predicted octanol–water partition coefficient (Wildman–Crippen LogP) is 5.51. The lowest BCUT2D eigenvalue weighted by Gasteiger charge is -2.12. The van der Waals surface area contributed by atoms with Crippen LogP contribution in [0.3, 0.4) is 0 Å². The summed E-state index contributed by atoms with van der Waals surface area (Å²) in [5, 5.41) is 10.8. The Morgan fingerprint density at radius 2 is 1.53 bits per heavy atom. The molecule has 2 aromatic rings. The number of pyridine rings is 1. The Bertz CT molecular complexity index is 621. The number of nitrogens with zero attached hydrogens (tertiary/aromatic N) is 1. The number of aliphatic hydroxyl groups excluding tert-OH is 1. The molecule has 2 rings (SSSR count). The summed E-state index contributed by atoms with van der Waals surface area (Å²) < 4.78 is 0. The van der Waals surface area contributed by atoms with Gasteiger partial charge >= 0.3 is 0 Å². The topological polar surface area (TPSA) is 33.1 Å². The van der Waals surface area contributed by atoms with Crippen LogP contribution in [0.25, 0.3) is 11.3 Å². The molecule has 19 heavy (non-hydrogen) atoms. The second-order valence-electron chi connectivity index (χ2n) is 3.65. The second-order valence-corrected chi connectivity index (χ2v) is 5.69. The van der Waals surface area contributed by atoms with E-state index in [1.165, 1.54) is 18.3 Å². The number of hydrogen-bond acceptors (Lipinski definition) is 2. The molecule has 2 nitrogen and oxygen atoms in total. The Morgan fingerprint density at radius 3 is 2.05 bits per heavy atom. The molecule has 0 aliphatic carbocycles. The third-order valence-electron chi connectivity index (χ3n) is 2.47. The maximum absolute atomic E-state index is 9.27. The standard InChI is InChI=1S/C12H6Cl5NO/c13-5-1-7(14)10(8(15)2-5)12-11(17)6(4-19)9(16)3-18-12/h1-3,19H,4H2. The molecule has 1 aromatic carbocycles. The molecule has 7 heteroatoms. The highest BCUT2D eigenvalue weighted by Gasteiger charge is 2.18. The Labute approximate surface area is 134 Å². The summed E-state index contributed by atoms with van der Waals surface area (Å²) >= 11 is 30.2. The molecule has 0 saturated carbocycles. The summed E-state index contributed by atoms with van der Waals surface area (Å²) in [6.45, 7) is -0.310. The molecule has 0 amide bonds. The van der Waals surface area contributed by atoms with Crippen molar-refractivity contribution < 1.29 is 5.11 Å². The van der Waals surface area contributed by atoms with Crippen molar-refractivity contribution >= 4 is 58.0 Å². The zero-order valence-corrected chi connectivity index (χ0v) is 13.0. The fourth-order valence-corrected chi connectivity index (χ4v) is 3.14. The summed E-state index contributed by atoms with van der Waals surface area (Å²) in [5.41, 5.74) is 1.17. The average molecular weight is 357 g/mol. The van der Waals surface area contributed by atoms with Gasteiger partial charge in [0.15, 0.2) is 0 Å². The first-order chi connectivity index (χ1) is 8.95. The lowest BCUT2D eigenvalue weighted by Crippen LogP contribution is -1.95. The Kier molecular flexibility index (Phi) is 4.83. The van der Waals surface area contributed by atoms with Gasteiger partial charge in [0.1, 0.15) is 0 Å². The van der Waals surface area contributed by atoms with Crippen LogP contribution in [0.1, 0.15) is 5.56 Å². The normalized spacial score (nSPS) is 10.8. The van der Waals surface area contributed by atoms with Crippen LogP contribution in [0.5, 0.6) is 0 Å². The first-order valence-electron chi connectivity index (χ1n) is 5.04. The molecule has 0 aliphatic rings. The number of hydrogen-bond donors (Lipinski definition) is 1. The van der Waals surface area contributed by atoms with Gasteiger partial charge in [-0.1, -0.05) is 58.0 Å². The van der Waals surface area contributed by atoms with Gasteiger partial charge in [-0.2, -0.15) is 0 Å². The Balaban J connectivity index is 2.73. The highest BCUT2D eigenvalue weighted by atomic mass is 35.5. The first-order valence-corrected chi connectivity index (χ1v) is 6.93. The van der Waals surface area contributed by atoms with Crippen molar-refractivity contribution in [1.29, 1.82) is 0 Å². The van der Waals surface area contributed by atoms with Gasteiger partial charge in [0.25, 0.3) is 0 Å². The number of rotatable bonds is 2. The van der Waals surface area contributed by atoms with E-state index >= 15 is 0 Å². The Morgan fingerprint density at radius 1 is 0.947 bits per heavy atom. The lowest BCUT2D eigenvalue weighted by molar-refractivity contribution is 0.282. The van der Waals surface area contributed by atoms with E-state index in [0.29, 0.717) is 31.9 Å². The molecule has 0 bridgehead atoms. The predicted molar refractivity (Wildman–Crippen MR) is 80.6 cm³/mol. The number of halogens is 5. The summed E-state index contributed by atoms with van der Waals surface area (Å²) in [6.07, 6.45) is 1.38. The molecular weight excluding hydrogens is 351 g/mol. The van der Waals surface area contributed by atoms with E-state index in [0.717, 1.165) is 0 Å². The Hall–Kier alpha value is -0.220. The maximum atomic E-state index is 9.27. The van der Waals surface area contributed by atoms with Crippen LogP contribution in [0.15, 0.2) is 18.3 Å². The molecule has 1 aromatic heterocycles. The van der Waals surface area contributed by atoms with Gasteiger partial charge < -0.3 is 5.11 Å². The van der Waals surface area contributed by atoms with Crippen LogP contribution < -0.4 is 0 Å². The van der Waals surface area contributed by atoms with Crippen molar-refractivity contribution in [2.45, 2.75) is 6.61 Å². The van der Waals surface area contributed by atoms with E-state index < -0.39 is 0 Å². The van der Waals surface area contributed by atoms with Crippen molar-refractivity contribution in [2.24, 2.45) is 0 Å². The summed E-state index contributed by atoms with van der Waals surface area (Å²) in [4.78, 5) is 4.12. The van der Waals surface area contributed by atoms with Gasteiger partial charge in [-0.15, -0.1) is 0 Å². The van der Waals surface area contributed by atoms with Gasteiger partial charge in [-0.3, -0.25) is 4.98 Å². The van der Waals surface area contributed by atoms with Gasteiger partial charge in [0.2, 0.25) is 0 Å². The van der Waals surface area contributed by atoms with Crippen molar-refractivity contribution in [3.8, 4) is 11.3 Å². The summed E-state index contributed by atoms with van der Waals surface area (Å²) in [7, 11) is 0. The van der Waals surface area contributed by atoms with Crippen molar-refractivity contribution in [2.75, 3.05) is 0 Å². The molecule has 0 atom stereocenters. The monoisotopic (exact) mass is 355 g/mol. The van der Waals surface area contributed by atoms with E-state index in [-0.39, 0.29) is 16.7 Å². The van der Waals surface area contributed by atoms with E-state index in [4.69, 9.17) is 58.0 Å². The van der Waals surface area contributed by atoms with Gasteiger partial charge in [-0.05, 0) is 12.1 Å². The molecule has 0 aliphatic heterocycles. The zero-order valence-electron chi connectivity index (χ0n) is 9.22. The molecule has 1 heterocycles. The molecule has 0 spiro atoms. The third kappa shape index (κ3) is 2.94. The van der Waals surface area contributed by atoms with Crippen LogP contribution in [-0.4, -0.2) is 10.1 Å². The second kappa shape index (κ2) is 6.04. The average Bonchev–Trinajstić information content (AvgIpc) is 2.31. The number of benzene rings is 1. The molecule has 0 fully saturated rings. The summed E-state index contributed by atoms with van der Waals surface area (Å²) in [5.74, 6) is 0. The summed E-state index contributed by atoms with van der Waals surface area (Å²) in [6, 6.07) is 3.07. The minimum atomic E-state index is -0.310. The molecule has 1 N–H and O–H groups in total. The molecule has 0 unspecified atom stereocenters. The largest absolute Gasteiger partial charge is 0.392 e. The SMILES string of the molecule is OCc1c(Cl)cnc(-c2c(Cl)cc(Cl)cc2Cl)c1Cl. The lowest BCUT2D eigenvalue weighted by atomic mass is 10.1. The fraction of sp³-hybridized carbons (Fsp3) is 0.0833. The van der Waals surface area contributed by atoms with Crippen LogP contribution >= 0.6 is 58.0 Å². The van der Waals surface area contributed by atoms with Crippen molar-refractivity contribution in [3.63, 3.8) is 0 Å². The quantitative estimate of drug-likeness (QED) is 0.769. The van der Waals surface area contributed by atoms with Crippen molar-refractivity contribution in [3.05, 3.63) is 49.0 Å². The minimum Gasteiger partial charge on any atom is -0.392 e. The van der Waals surface area contributed by atoms with Gasteiger partial charge in [-0.25, -0.2) is 0 Å². The van der Waals surface area contributed by atoms with Gasteiger partial charge in [0.05, 0.1) is 32.4 Å². The van der Waals surface area contributed by atoms with E-state index in [1.807, 2.05) is 0 Å². The number of aliphatic hydroxyl groups is 1. The maximum Gasteiger partial charge on any atom is 0.0922 e. The fourth-order valence-electron chi connectivity index (χ4n) is 1.59. The third-order valence-corrected chi connectivity index (χ3v) is 4.02. The van der Waals surface area contributed by atoms with E-state index in [2.05, 4.69) is 4.98 Å². The van der Waals surface area contributed by atoms with E-state index in [1.54, 1.807) is 0 Å². The van der Waals surface area contributed by atoms with Crippen LogP contribution in [0.4, 0.5) is 0 Å². The van der Waals surface area contributed by atoms with Crippen LogP contribution in [0.2, 0.25) is 25.1 Å². The zero-order chi connectivity index (χ0) is 14.2. The minimum absolute atomic E-state index is 0.209. The van der Waals surface area contributed by atoms with Crippen LogP contribution in [-0.2, 0) is 6.61 Å². The van der Waals surface area contributed by atoms with E-state index in [9.17, 15) is 5.11 Å².